The molecule has 7 nitrogen and oxygen atoms in total. The third-order valence-corrected chi connectivity index (χ3v) is 8.32. The zero-order valence-electron chi connectivity index (χ0n) is 19.0. The summed E-state index contributed by atoms with van der Waals surface area (Å²) in [6, 6.07) is 6.43. The summed E-state index contributed by atoms with van der Waals surface area (Å²) in [5, 5.41) is 3.23. The minimum atomic E-state index is 0.127. The smallest absolute Gasteiger partial charge is 0.253 e. The number of likely N-dealkylation sites (tertiary alicyclic amines) is 1. The molecule has 3 fully saturated rings. The molecule has 0 radical (unpaired) electrons. The average Bonchev–Trinajstić information content (AvgIpc) is 3.54. The molecular weight excluding hydrogens is 434 g/mol. The van der Waals surface area contributed by atoms with Crippen molar-refractivity contribution in [2.75, 3.05) is 50.7 Å². The summed E-state index contributed by atoms with van der Waals surface area (Å²) in [6.07, 6.45) is 5.85. The Morgan fingerprint density at radius 2 is 1.88 bits per heavy atom. The van der Waals surface area contributed by atoms with Gasteiger partial charge in [-0.3, -0.25) is 19.4 Å². The third kappa shape index (κ3) is 4.32. The molecule has 8 heteroatoms. The number of anilines is 1. The number of carbonyl (C=O) groups excluding carboxylic acids is 2. The normalized spacial score (nSPS) is 22.2. The minimum absolute atomic E-state index is 0.127. The Labute approximate surface area is 199 Å². The fourth-order valence-electron chi connectivity index (χ4n) is 5.35. The number of benzene rings is 1. The summed E-state index contributed by atoms with van der Waals surface area (Å²) < 4.78 is 0. The number of nitrogens with zero attached hydrogens (tertiary/aromatic N) is 5. The van der Waals surface area contributed by atoms with Crippen LogP contribution in [-0.2, 0) is 17.8 Å². The highest BCUT2D eigenvalue weighted by Gasteiger charge is 2.38. The van der Waals surface area contributed by atoms with E-state index in [-0.39, 0.29) is 17.7 Å². The highest BCUT2D eigenvalue weighted by Crippen LogP contribution is 2.36. The number of thiazole rings is 1. The van der Waals surface area contributed by atoms with Gasteiger partial charge in [0.15, 0.2) is 0 Å². The van der Waals surface area contributed by atoms with E-state index in [0.29, 0.717) is 6.04 Å². The summed E-state index contributed by atoms with van der Waals surface area (Å²) in [5.74, 6) is 0.624. The van der Waals surface area contributed by atoms with Gasteiger partial charge < -0.3 is 9.80 Å². The zero-order valence-corrected chi connectivity index (χ0v) is 19.8. The SMILES string of the molecule is O=C(c1ccc2c(c1)CCCN2C(=O)C1CC1)N1CC(N2CCN(Cc3nccs3)CC2)C1. The lowest BCUT2D eigenvalue weighted by Gasteiger charge is -2.48. The van der Waals surface area contributed by atoms with Crippen molar-refractivity contribution in [3.05, 3.63) is 45.9 Å². The average molecular weight is 466 g/mol. The number of hydrogen-bond acceptors (Lipinski definition) is 6. The second-order valence-corrected chi connectivity index (χ2v) is 10.8. The molecular formula is C25H31N5O2S. The Morgan fingerprint density at radius 1 is 1.06 bits per heavy atom. The van der Waals surface area contributed by atoms with Crippen molar-refractivity contribution in [2.24, 2.45) is 5.92 Å². The lowest BCUT2D eigenvalue weighted by atomic mass is 9.97. The van der Waals surface area contributed by atoms with E-state index in [0.717, 1.165) is 94.9 Å². The van der Waals surface area contributed by atoms with Crippen molar-refractivity contribution >= 4 is 28.8 Å². The van der Waals surface area contributed by atoms with Crippen LogP contribution in [0.5, 0.6) is 0 Å². The van der Waals surface area contributed by atoms with Gasteiger partial charge in [0.25, 0.3) is 5.91 Å². The van der Waals surface area contributed by atoms with Crippen LogP contribution in [0.3, 0.4) is 0 Å². The van der Waals surface area contributed by atoms with Gasteiger partial charge in [0.05, 0.1) is 6.54 Å². The maximum absolute atomic E-state index is 13.1. The minimum Gasteiger partial charge on any atom is -0.335 e. The lowest BCUT2D eigenvalue weighted by molar-refractivity contribution is -0.119. The Hall–Kier alpha value is -2.29. The van der Waals surface area contributed by atoms with E-state index < -0.39 is 0 Å². The summed E-state index contributed by atoms with van der Waals surface area (Å²) >= 11 is 1.72. The monoisotopic (exact) mass is 465 g/mol. The van der Waals surface area contributed by atoms with E-state index in [1.165, 1.54) is 5.01 Å². The lowest BCUT2D eigenvalue weighted by Crippen LogP contribution is -2.64. The van der Waals surface area contributed by atoms with E-state index in [1.54, 1.807) is 11.3 Å². The van der Waals surface area contributed by atoms with E-state index >= 15 is 0 Å². The van der Waals surface area contributed by atoms with Crippen LogP contribution >= 0.6 is 11.3 Å². The van der Waals surface area contributed by atoms with Crippen LogP contribution in [-0.4, -0.2) is 83.4 Å². The second kappa shape index (κ2) is 8.81. The van der Waals surface area contributed by atoms with Crippen molar-refractivity contribution in [2.45, 2.75) is 38.3 Å². The highest BCUT2D eigenvalue weighted by atomic mass is 32.1. The fourth-order valence-corrected chi connectivity index (χ4v) is 6.01. The largest absolute Gasteiger partial charge is 0.335 e. The third-order valence-electron chi connectivity index (χ3n) is 7.55. The summed E-state index contributed by atoms with van der Waals surface area (Å²) in [4.78, 5) is 39.1. The first-order valence-electron chi connectivity index (χ1n) is 12.2. The predicted octanol–water partition coefficient (Wildman–Crippen LogP) is 2.47. The Balaban J connectivity index is 1.03. The maximum atomic E-state index is 13.1. The number of rotatable bonds is 5. The first kappa shape index (κ1) is 21.3. The van der Waals surface area contributed by atoms with E-state index in [1.807, 2.05) is 39.6 Å². The van der Waals surface area contributed by atoms with Gasteiger partial charge in [0, 0.05) is 80.6 Å². The van der Waals surface area contributed by atoms with E-state index in [4.69, 9.17) is 0 Å². The molecule has 1 saturated carbocycles. The number of hydrogen-bond donors (Lipinski definition) is 0. The zero-order chi connectivity index (χ0) is 22.4. The van der Waals surface area contributed by atoms with Crippen LogP contribution in [0, 0.1) is 5.92 Å². The van der Waals surface area contributed by atoms with Crippen molar-refractivity contribution in [3.8, 4) is 0 Å². The highest BCUT2D eigenvalue weighted by molar-refractivity contribution is 7.09. The number of aromatic nitrogens is 1. The molecule has 2 aromatic rings. The molecule has 0 bridgehead atoms. The van der Waals surface area contributed by atoms with Crippen LogP contribution in [0.4, 0.5) is 5.69 Å². The molecule has 3 aliphatic heterocycles. The van der Waals surface area contributed by atoms with Gasteiger partial charge in [0.1, 0.15) is 5.01 Å². The number of fused-ring (bicyclic) bond motifs is 1. The van der Waals surface area contributed by atoms with Gasteiger partial charge in [-0.05, 0) is 49.4 Å². The summed E-state index contributed by atoms with van der Waals surface area (Å²) in [5.41, 5.74) is 2.93. The molecule has 2 saturated heterocycles. The quantitative estimate of drug-likeness (QED) is 0.679. The molecule has 1 aromatic carbocycles. The number of amides is 2. The van der Waals surface area contributed by atoms with Gasteiger partial charge in [-0.1, -0.05) is 0 Å². The standard InChI is InChI=1S/C25H31N5O2S/c31-24(20-5-6-22-19(14-20)2-1-8-30(22)25(32)18-3-4-18)29-15-21(16-29)28-11-9-27(10-12-28)17-23-26-7-13-33-23/h5-7,13-14,18,21H,1-4,8-12,15-17H2. The van der Waals surface area contributed by atoms with E-state index in [9.17, 15) is 9.59 Å². The van der Waals surface area contributed by atoms with Crippen LogP contribution in [0.15, 0.2) is 29.8 Å². The first-order valence-corrected chi connectivity index (χ1v) is 13.1. The van der Waals surface area contributed by atoms with Crippen molar-refractivity contribution in [3.63, 3.8) is 0 Å². The molecule has 4 heterocycles. The Bertz CT molecular complexity index is 1020. The first-order chi connectivity index (χ1) is 16.2. The van der Waals surface area contributed by atoms with Crippen LogP contribution in [0.25, 0.3) is 0 Å². The Morgan fingerprint density at radius 3 is 2.61 bits per heavy atom. The molecule has 1 aliphatic carbocycles. The van der Waals surface area contributed by atoms with Gasteiger partial charge in [0.2, 0.25) is 5.91 Å². The molecule has 6 rings (SSSR count). The van der Waals surface area contributed by atoms with Gasteiger partial charge in [-0.2, -0.15) is 0 Å². The van der Waals surface area contributed by atoms with Gasteiger partial charge in [-0.15, -0.1) is 11.3 Å². The van der Waals surface area contributed by atoms with Crippen molar-refractivity contribution in [1.82, 2.24) is 19.7 Å². The van der Waals surface area contributed by atoms with E-state index in [2.05, 4.69) is 14.8 Å². The number of carbonyl (C=O) groups is 2. The molecule has 0 unspecified atom stereocenters. The van der Waals surface area contributed by atoms with Gasteiger partial charge >= 0.3 is 0 Å². The molecule has 0 N–H and O–H groups in total. The maximum Gasteiger partial charge on any atom is 0.253 e. The van der Waals surface area contributed by atoms with Crippen LogP contribution < -0.4 is 4.90 Å². The topological polar surface area (TPSA) is 60.0 Å². The molecule has 4 aliphatic rings. The molecule has 0 spiro atoms. The fraction of sp³-hybridized carbons (Fsp3) is 0.560. The molecule has 33 heavy (non-hydrogen) atoms. The van der Waals surface area contributed by atoms with Crippen LogP contribution in [0.2, 0.25) is 0 Å². The molecule has 1 aromatic heterocycles. The van der Waals surface area contributed by atoms with Crippen molar-refractivity contribution in [1.29, 1.82) is 0 Å². The van der Waals surface area contributed by atoms with Gasteiger partial charge in [-0.25, -0.2) is 4.98 Å². The summed E-state index contributed by atoms with van der Waals surface area (Å²) in [6.45, 7) is 7.62. The Kier molecular flexibility index (Phi) is 5.68. The summed E-state index contributed by atoms with van der Waals surface area (Å²) in [7, 11) is 0. The van der Waals surface area contributed by atoms with Crippen LogP contribution in [0.1, 0.15) is 40.2 Å². The molecule has 0 atom stereocenters. The number of piperazine rings is 1. The predicted molar refractivity (Wildman–Crippen MR) is 128 cm³/mol. The molecule has 174 valence electrons. The second-order valence-electron chi connectivity index (χ2n) is 9.81. The van der Waals surface area contributed by atoms with Crippen molar-refractivity contribution < 1.29 is 9.59 Å². The number of aryl methyl sites for hydroxylation is 1. The molecule has 2 amide bonds.